The van der Waals surface area contributed by atoms with Crippen molar-refractivity contribution in [3.8, 4) is 0 Å². The molecule has 0 radical (unpaired) electrons. The summed E-state index contributed by atoms with van der Waals surface area (Å²) in [5, 5.41) is 3.15. The Labute approximate surface area is 193 Å². The molecule has 1 aliphatic heterocycles. The number of nitrogens with zero attached hydrogens (tertiary/aromatic N) is 1. The molecule has 1 aromatic heterocycles. The van der Waals surface area contributed by atoms with Gasteiger partial charge in [0.25, 0.3) is 0 Å². The van der Waals surface area contributed by atoms with Gasteiger partial charge in [-0.3, -0.25) is 4.98 Å². The lowest BCUT2D eigenvalue weighted by Crippen LogP contribution is -2.59. The minimum atomic E-state index is -1.92. The van der Waals surface area contributed by atoms with Crippen LogP contribution in [0.3, 0.4) is 0 Å². The van der Waals surface area contributed by atoms with Crippen molar-refractivity contribution < 1.29 is 18.7 Å². The molecule has 2 heterocycles. The van der Waals surface area contributed by atoms with Gasteiger partial charge in [-0.15, -0.1) is 0 Å². The first-order chi connectivity index (χ1) is 15.1. The number of nitrogen functional groups attached to an aromatic ring is 1. The molecule has 0 spiro atoms. The summed E-state index contributed by atoms with van der Waals surface area (Å²) in [5.74, 6) is 0.450. The summed E-state index contributed by atoms with van der Waals surface area (Å²) in [5.41, 5.74) is 7.21. The fourth-order valence-corrected chi connectivity index (χ4v) is 7.55. The van der Waals surface area contributed by atoms with Gasteiger partial charge in [0.2, 0.25) is 0 Å². The molecule has 0 aromatic carbocycles. The Hall–Kier alpha value is -1.64. The predicted octanol–water partition coefficient (Wildman–Crippen LogP) is 5.19. The molecular weight excluding hydrogens is 422 g/mol. The van der Waals surface area contributed by atoms with Crippen LogP contribution in [-0.2, 0) is 13.9 Å². The van der Waals surface area contributed by atoms with E-state index in [1.165, 1.54) is 0 Å². The van der Waals surface area contributed by atoms with E-state index < -0.39 is 20.0 Å². The molecule has 4 unspecified atom stereocenters. The molecule has 1 saturated carbocycles. The molecule has 4 atom stereocenters. The van der Waals surface area contributed by atoms with Gasteiger partial charge in [0.05, 0.1) is 36.2 Å². The largest absolute Gasteiger partial charge is 0.444 e. The summed E-state index contributed by atoms with van der Waals surface area (Å²) in [6, 6.07) is 4.85. The molecular formula is C24H41N3O4Si. The van der Waals surface area contributed by atoms with Crippen molar-refractivity contribution in [1.82, 2.24) is 10.3 Å². The predicted molar refractivity (Wildman–Crippen MR) is 129 cm³/mol. The third-order valence-electron chi connectivity index (χ3n) is 6.85. The van der Waals surface area contributed by atoms with Gasteiger partial charge in [-0.2, -0.15) is 0 Å². The lowest BCUT2D eigenvalue weighted by molar-refractivity contribution is -0.136. The number of amides is 1. The maximum Gasteiger partial charge on any atom is 0.407 e. The van der Waals surface area contributed by atoms with Crippen LogP contribution < -0.4 is 11.1 Å². The third kappa shape index (κ3) is 6.02. The molecule has 180 valence electrons. The molecule has 2 fully saturated rings. The minimum Gasteiger partial charge on any atom is -0.444 e. The number of ether oxygens (including phenoxy) is 2. The maximum absolute atomic E-state index is 12.8. The SMILES string of the molecule is CC[Si](CC)(CC)OC1C(NC(=O)OC(C)(C)C)CC(c2ccncc2N)OC1C1CC1. The van der Waals surface area contributed by atoms with Gasteiger partial charge >= 0.3 is 6.09 Å². The van der Waals surface area contributed by atoms with Crippen LogP contribution in [-0.4, -0.2) is 43.2 Å². The Bertz CT molecular complexity index is 768. The third-order valence-corrected chi connectivity index (χ3v) is 11.5. The zero-order chi connectivity index (χ0) is 23.5. The summed E-state index contributed by atoms with van der Waals surface area (Å²) in [7, 11) is -1.92. The van der Waals surface area contributed by atoms with Gasteiger partial charge in [0.1, 0.15) is 5.60 Å². The maximum atomic E-state index is 12.8. The molecule has 0 bridgehead atoms. The first-order valence-corrected chi connectivity index (χ1v) is 14.7. The minimum absolute atomic E-state index is 0.0715. The molecule has 3 rings (SSSR count). The number of rotatable bonds is 8. The Kier molecular flexibility index (Phi) is 7.88. The van der Waals surface area contributed by atoms with Crippen molar-refractivity contribution in [3.63, 3.8) is 0 Å². The summed E-state index contributed by atoms with van der Waals surface area (Å²) in [6.45, 7) is 12.3. The summed E-state index contributed by atoms with van der Waals surface area (Å²) in [6.07, 6.45) is 5.36. The molecule has 32 heavy (non-hydrogen) atoms. The van der Waals surface area contributed by atoms with Crippen LogP contribution in [0, 0.1) is 5.92 Å². The van der Waals surface area contributed by atoms with Gasteiger partial charge in [0, 0.05) is 18.2 Å². The number of nitrogens with one attached hydrogen (secondary N) is 1. The number of alkyl carbamates (subject to hydrolysis) is 1. The number of pyridine rings is 1. The topological polar surface area (TPSA) is 95.7 Å². The normalized spacial score (nSPS) is 26.6. The van der Waals surface area contributed by atoms with E-state index in [2.05, 4.69) is 31.1 Å². The Morgan fingerprint density at radius 2 is 1.91 bits per heavy atom. The molecule has 8 heteroatoms. The van der Waals surface area contributed by atoms with Crippen LogP contribution in [0.5, 0.6) is 0 Å². The number of aromatic nitrogens is 1. The average Bonchev–Trinajstić information content (AvgIpc) is 3.57. The average molecular weight is 464 g/mol. The lowest BCUT2D eigenvalue weighted by Gasteiger charge is -2.46. The zero-order valence-corrected chi connectivity index (χ0v) is 21.5. The van der Waals surface area contributed by atoms with E-state index in [-0.39, 0.29) is 24.4 Å². The number of hydrogen-bond donors (Lipinski definition) is 2. The highest BCUT2D eigenvalue weighted by atomic mass is 28.4. The van der Waals surface area contributed by atoms with Crippen molar-refractivity contribution in [2.45, 2.75) is 109 Å². The van der Waals surface area contributed by atoms with E-state index in [0.717, 1.165) is 36.5 Å². The van der Waals surface area contributed by atoms with Crippen molar-refractivity contribution in [2.75, 3.05) is 5.73 Å². The van der Waals surface area contributed by atoms with Crippen LogP contribution in [0.25, 0.3) is 0 Å². The van der Waals surface area contributed by atoms with E-state index in [0.29, 0.717) is 18.0 Å². The van der Waals surface area contributed by atoms with E-state index >= 15 is 0 Å². The Balaban J connectivity index is 1.92. The van der Waals surface area contributed by atoms with E-state index in [9.17, 15) is 4.79 Å². The van der Waals surface area contributed by atoms with Gasteiger partial charge < -0.3 is 25.0 Å². The summed E-state index contributed by atoms with van der Waals surface area (Å²) < 4.78 is 19.3. The highest BCUT2D eigenvalue weighted by Crippen LogP contribution is 2.46. The van der Waals surface area contributed by atoms with Gasteiger partial charge in [-0.05, 0) is 63.7 Å². The number of nitrogens with two attached hydrogens (primary N) is 1. The van der Waals surface area contributed by atoms with Crippen molar-refractivity contribution in [1.29, 1.82) is 0 Å². The fraction of sp³-hybridized carbons (Fsp3) is 0.750. The molecule has 3 N–H and O–H groups in total. The number of carbonyl (C=O) groups is 1. The van der Waals surface area contributed by atoms with E-state index in [4.69, 9.17) is 19.6 Å². The quantitative estimate of drug-likeness (QED) is 0.515. The first kappa shape index (κ1) is 25.0. The second-order valence-corrected chi connectivity index (χ2v) is 15.0. The highest BCUT2D eigenvalue weighted by molar-refractivity contribution is 6.73. The van der Waals surface area contributed by atoms with E-state index in [1.807, 2.05) is 26.8 Å². The second-order valence-electron chi connectivity index (χ2n) is 10.2. The summed E-state index contributed by atoms with van der Waals surface area (Å²) >= 11 is 0. The molecule has 7 nitrogen and oxygen atoms in total. The molecule has 2 aliphatic rings. The number of hydrogen-bond acceptors (Lipinski definition) is 6. The molecule has 1 aliphatic carbocycles. The van der Waals surface area contributed by atoms with Crippen LogP contribution in [0.4, 0.5) is 10.5 Å². The highest BCUT2D eigenvalue weighted by Gasteiger charge is 2.50. The smallest absolute Gasteiger partial charge is 0.407 e. The molecule has 1 aromatic rings. The van der Waals surface area contributed by atoms with Crippen molar-refractivity contribution in [2.24, 2.45) is 5.92 Å². The van der Waals surface area contributed by atoms with Crippen LogP contribution in [0.15, 0.2) is 18.5 Å². The second kappa shape index (κ2) is 10.1. The van der Waals surface area contributed by atoms with Crippen LogP contribution >= 0.6 is 0 Å². The summed E-state index contributed by atoms with van der Waals surface area (Å²) in [4.78, 5) is 16.9. The standard InChI is InChI=1S/C24H41N3O4Si/c1-7-32(8-2,9-3)31-22-19(27-23(28)30-24(4,5)6)14-20(29-21(22)16-10-11-16)17-12-13-26-15-18(17)25/h12-13,15-16,19-22H,7-11,14,25H2,1-6H3,(H,27,28). The van der Waals surface area contributed by atoms with Gasteiger partial charge in [0.15, 0.2) is 8.32 Å². The monoisotopic (exact) mass is 463 g/mol. The Morgan fingerprint density at radius 3 is 2.44 bits per heavy atom. The van der Waals surface area contributed by atoms with Crippen molar-refractivity contribution >= 4 is 20.1 Å². The Morgan fingerprint density at radius 1 is 1.25 bits per heavy atom. The fourth-order valence-electron chi connectivity index (χ4n) is 4.67. The number of carbonyl (C=O) groups excluding carboxylic acids is 1. The van der Waals surface area contributed by atoms with E-state index in [1.54, 1.807) is 12.4 Å². The van der Waals surface area contributed by atoms with Gasteiger partial charge in [-0.1, -0.05) is 20.8 Å². The molecule has 1 amide bonds. The van der Waals surface area contributed by atoms with Crippen molar-refractivity contribution in [3.05, 3.63) is 24.0 Å². The lowest BCUT2D eigenvalue weighted by atomic mass is 9.90. The van der Waals surface area contributed by atoms with Gasteiger partial charge in [-0.25, -0.2) is 4.79 Å². The number of anilines is 1. The van der Waals surface area contributed by atoms with Crippen LogP contribution in [0.2, 0.25) is 18.1 Å². The van der Waals surface area contributed by atoms with Crippen LogP contribution in [0.1, 0.15) is 72.5 Å². The zero-order valence-electron chi connectivity index (χ0n) is 20.5. The molecule has 1 saturated heterocycles. The first-order valence-electron chi connectivity index (χ1n) is 12.1.